The molecule has 2 unspecified atom stereocenters. The molecule has 7 nitrogen and oxygen atoms in total. The SMILES string of the molecule is COc1c2c(cc3c1C(C(C)N([O-])O)N(C)CC3)OCO2. The van der Waals surface area contributed by atoms with E-state index in [9.17, 15) is 10.4 Å². The Bertz CT molecular complexity index is 549. The van der Waals surface area contributed by atoms with Crippen molar-refractivity contribution >= 4 is 0 Å². The molecule has 7 heteroatoms. The van der Waals surface area contributed by atoms with E-state index < -0.39 is 6.04 Å². The quantitative estimate of drug-likeness (QED) is 0.847. The fourth-order valence-corrected chi connectivity index (χ4v) is 3.20. The summed E-state index contributed by atoms with van der Waals surface area (Å²) < 4.78 is 16.5. The Hall–Kier alpha value is -1.54. The largest absolute Gasteiger partial charge is 0.762 e. The minimum absolute atomic E-state index is 0.000288. The van der Waals surface area contributed by atoms with Crippen LogP contribution in [0.2, 0.25) is 0 Å². The fourth-order valence-electron chi connectivity index (χ4n) is 3.20. The number of hydroxylamine groups is 2. The van der Waals surface area contributed by atoms with E-state index in [0.29, 0.717) is 17.2 Å². The van der Waals surface area contributed by atoms with Gasteiger partial charge in [0.05, 0.1) is 13.2 Å². The molecule has 0 radical (unpaired) electrons. The average molecular weight is 295 g/mol. The van der Waals surface area contributed by atoms with Gasteiger partial charge in [0.2, 0.25) is 12.5 Å². The van der Waals surface area contributed by atoms with Crippen LogP contribution in [-0.2, 0) is 6.42 Å². The third-order valence-electron chi connectivity index (χ3n) is 4.26. The van der Waals surface area contributed by atoms with E-state index in [1.807, 2.05) is 18.0 Å². The first-order valence-electron chi connectivity index (χ1n) is 6.89. The smallest absolute Gasteiger partial charge is 0.231 e. The van der Waals surface area contributed by atoms with Crippen LogP contribution in [0, 0.1) is 5.21 Å². The van der Waals surface area contributed by atoms with Gasteiger partial charge in [0.1, 0.15) is 0 Å². The lowest BCUT2D eigenvalue weighted by Crippen LogP contribution is -2.43. The van der Waals surface area contributed by atoms with Crippen LogP contribution < -0.4 is 14.2 Å². The summed E-state index contributed by atoms with van der Waals surface area (Å²) in [6.07, 6.45) is 0.826. The Balaban J connectivity index is 2.16. The van der Waals surface area contributed by atoms with Gasteiger partial charge in [-0.15, -0.1) is 0 Å². The Morgan fingerprint density at radius 3 is 2.95 bits per heavy atom. The summed E-state index contributed by atoms with van der Waals surface area (Å²) in [5, 5.41) is 20.7. The molecular formula is C14H19N2O5-. The molecule has 3 rings (SSSR count). The highest BCUT2D eigenvalue weighted by Crippen LogP contribution is 2.50. The maximum absolute atomic E-state index is 11.4. The van der Waals surface area contributed by atoms with Gasteiger partial charge in [-0.05, 0) is 32.0 Å². The van der Waals surface area contributed by atoms with Crippen LogP contribution in [0.3, 0.4) is 0 Å². The summed E-state index contributed by atoms with van der Waals surface area (Å²) in [5.41, 5.74) is 1.95. The number of benzene rings is 1. The van der Waals surface area contributed by atoms with Gasteiger partial charge in [-0.2, -0.15) is 0 Å². The fraction of sp³-hybridized carbons (Fsp3) is 0.571. The average Bonchev–Trinajstić information content (AvgIpc) is 2.92. The highest BCUT2D eigenvalue weighted by Gasteiger charge is 2.36. The molecule has 0 spiro atoms. The van der Waals surface area contributed by atoms with Gasteiger partial charge in [-0.1, -0.05) is 0 Å². The second-order valence-corrected chi connectivity index (χ2v) is 5.43. The lowest BCUT2D eigenvalue weighted by atomic mass is 9.88. The third kappa shape index (κ3) is 2.22. The molecule has 0 saturated heterocycles. The van der Waals surface area contributed by atoms with Crippen LogP contribution in [0.15, 0.2) is 6.07 Å². The van der Waals surface area contributed by atoms with Gasteiger partial charge in [-0.25, -0.2) is 0 Å². The van der Waals surface area contributed by atoms with Gasteiger partial charge in [0.25, 0.3) is 0 Å². The minimum Gasteiger partial charge on any atom is -0.762 e. The molecular weight excluding hydrogens is 276 g/mol. The summed E-state index contributed by atoms with van der Waals surface area (Å²) in [7, 11) is 3.50. The number of hydrogen-bond acceptors (Lipinski definition) is 7. The van der Waals surface area contributed by atoms with E-state index in [1.165, 1.54) is 0 Å². The van der Waals surface area contributed by atoms with Crippen molar-refractivity contribution in [1.82, 2.24) is 10.1 Å². The maximum atomic E-state index is 11.4. The van der Waals surface area contributed by atoms with Crippen LogP contribution in [0.1, 0.15) is 24.1 Å². The molecule has 1 aromatic carbocycles. The Morgan fingerprint density at radius 1 is 1.52 bits per heavy atom. The van der Waals surface area contributed by atoms with Crippen molar-refractivity contribution in [2.24, 2.45) is 0 Å². The summed E-state index contributed by atoms with van der Waals surface area (Å²) in [5.74, 6) is 1.83. The molecule has 0 saturated carbocycles. The zero-order chi connectivity index (χ0) is 15.1. The van der Waals surface area contributed by atoms with E-state index >= 15 is 0 Å². The number of ether oxygens (including phenoxy) is 3. The molecule has 1 N–H and O–H groups in total. The molecule has 2 heterocycles. The van der Waals surface area contributed by atoms with Crippen molar-refractivity contribution in [3.63, 3.8) is 0 Å². The Morgan fingerprint density at radius 2 is 2.29 bits per heavy atom. The number of hydrogen-bond donors (Lipinski definition) is 1. The maximum Gasteiger partial charge on any atom is 0.231 e. The number of methoxy groups -OCH3 is 1. The van der Waals surface area contributed by atoms with Crippen LogP contribution >= 0.6 is 0 Å². The Kier molecular flexibility index (Phi) is 3.66. The predicted octanol–water partition coefficient (Wildman–Crippen LogP) is 1.53. The second kappa shape index (κ2) is 5.34. The number of nitrogens with zero attached hydrogens (tertiary/aromatic N) is 2. The second-order valence-electron chi connectivity index (χ2n) is 5.43. The topological polar surface area (TPSA) is 77.5 Å². The van der Waals surface area contributed by atoms with Crippen molar-refractivity contribution in [2.75, 3.05) is 27.5 Å². The van der Waals surface area contributed by atoms with Crippen molar-refractivity contribution in [1.29, 1.82) is 0 Å². The van der Waals surface area contributed by atoms with E-state index in [4.69, 9.17) is 14.2 Å². The normalized spacial score (nSPS) is 22.3. The molecule has 0 aromatic heterocycles. The lowest BCUT2D eigenvalue weighted by Gasteiger charge is -2.43. The summed E-state index contributed by atoms with van der Waals surface area (Å²) in [6, 6.07) is 1.04. The molecule has 0 bridgehead atoms. The van der Waals surface area contributed by atoms with E-state index in [0.717, 1.165) is 24.1 Å². The van der Waals surface area contributed by atoms with E-state index in [1.54, 1.807) is 14.0 Å². The van der Waals surface area contributed by atoms with Gasteiger partial charge in [0, 0.05) is 18.2 Å². The van der Waals surface area contributed by atoms with Crippen LogP contribution in [0.25, 0.3) is 0 Å². The molecule has 0 amide bonds. The lowest BCUT2D eigenvalue weighted by molar-refractivity contribution is -0.0976. The first kappa shape index (κ1) is 14.4. The molecule has 116 valence electrons. The predicted molar refractivity (Wildman–Crippen MR) is 74.6 cm³/mol. The zero-order valence-electron chi connectivity index (χ0n) is 12.3. The first-order valence-corrected chi connectivity index (χ1v) is 6.89. The number of likely N-dealkylation sites (N-methyl/N-ethyl adjacent to an activating group) is 1. The number of fused-ring (bicyclic) bond motifs is 2. The third-order valence-corrected chi connectivity index (χ3v) is 4.26. The summed E-state index contributed by atoms with van der Waals surface area (Å²) >= 11 is 0. The van der Waals surface area contributed by atoms with Crippen LogP contribution in [-0.4, -0.2) is 48.9 Å². The van der Waals surface area contributed by atoms with Crippen LogP contribution in [0.5, 0.6) is 17.2 Å². The van der Waals surface area contributed by atoms with Gasteiger partial charge >= 0.3 is 0 Å². The summed E-state index contributed by atoms with van der Waals surface area (Å²) in [6.45, 7) is 2.64. The molecule has 0 fully saturated rings. The van der Waals surface area contributed by atoms with Gasteiger partial charge in [0.15, 0.2) is 11.5 Å². The van der Waals surface area contributed by atoms with Crippen molar-refractivity contribution in [2.45, 2.75) is 25.4 Å². The zero-order valence-corrected chi connectivity index (χ0v) is 12.3. The Labute approximate surface area is 123 Å². The standard InChI is InChI=1S/C14H19N2O5/c1-8(16(17)18)12-11-9(4-5-15(12)2)6-10-13(14(11)19-3)21-7-20-10/h6,8,12,17H,4-5,7H2,1-3H3/q-1. The van der Waals surface area contributed by atoms with Gasteiger partial charge in [-0.3, -0.25) is 10.1 Å². The minimum atomic E-state index is -0.622. The van der Waals surface area contributed by atoms with Crippen molar-refractivity contribution in [3.05, 3.63) is 22.4 Å². The van der Waals surface area contributed by atoms with Crippen LogP contribution in [0.4, 0.5) is 0 Å². The molecule has 2 aliphatic rings. The van der Waals surface area contributed by atoms with Gasteiger partial charge < -0.3 is 24.6 Å². The monoisotopic (exact) mass is 295 g/mol. The highest BCUT2D eigenvalue weighted by molar-refractivity contribution is 5.62. The number of rotatable bonds is 3. The van der Waals surface area contributed by atoms with E-state index in [2.05, 4.69) is 0 Å². The first-order chi connectivity index (χ1) is 10.0. The molecule has 21 heavy (non-hydrogen) atoms. The highest BCUT2D eigenvalue weighted by atomic mass is 16.8. The van der Waals surface area contributed by atoms with E-state index in [-0.39, 0.29) is 18.1 Å². The molecule has 2 atom stereocenters. The van der Waals surface area contributed by atoms with Crippen molar-refractivity contribution < 1.29 is 19.4 Å². The summed E-state index contributed by atoms with van der Waals surface area (Å²) in [4.78, 5) is 2.04. The van der Waals surface area contributed by atoms with Crippen molar-refractivity contribution in [3.8, 4) is 17.2 Å². The molecule has 2 aliphatic heterocycles. The molecule has 1 aromatic rings. The molecule has 0 aliphatic carbocycles.